The van der Waals surface area contributed by atoms with Gasteiger partial charge in [0.25, 0.3) is 0 Å². The highest BCUT2D eigenvalue weighted by atomic mass is 16.5. The summed E-state index contributed by atoms with van der Waals surface area (Å²) in [7, 11) is 0. The summed E-state index contributed by atoms with van der Waals surface area (Å²) >= 11 is 0. The van der Waals surface area contributed by atoms with Gasteiger partial charge >= 0.3 is 5.97 Å². The second-order valence-corrected chi connectivity index (χ2v) is 6.13. The summed E-state index contributed by atoms with van der Waals surface area (Å²) in [5.41, 5.74) is -0.00741. The van der Waals surface area contributed by atoms with E-state index in [2.05, 4.69) is 9.80 Å². The predicted molar refractivity (Wildman–Crippen MR) is 75.6 cm³/mol. The van der Waals surface area contributed by atoms with Gasteiger partial charge in [0, 0.05) is 31.2 Å². The zero-order chi connectivity index (χ0) is 14.0. The maximum Gasteiger partial charge on any atom is 0.307 e. The van der Waals surface area contributed by atoms with Crippen LogP contribution < -0.4 is 0 Å². The predicted octanol–water partition coefficient (Wildman–Crippen LogP) is 0.879. The molecule has 0 aromatic rings. The molecule has 20 heavy (non-hydrogen) atoms. The van der Waals surface area contributed by atoms with Crippen molar-refractivity contribution in [1.29, 1.82) is 0 Å². The van der Waals surface area contributed by atoms with Crippen molar-refractivity contribution in [3.05, 3.63) is 0 Å². The molecule has 0 aromatic carbocycles. The van der Waals surface area contributed by atoms with Crippen LogP contribution in [-0.4, -0.2) is 73.3 Å². The van der Waals surface area contributed by atoms with E-state index >= 15 is 0 Å². The number of morpholine rings is 1. The molecule has 0 N–H and O–H groups in total. The van der Waals surface area contributed by atoms with Crippen LogP contribution in [0.3, 0.4) is 0 Å². The molecule has 5 nitrogen and oxygen atoms in total. The molecule has 2 unspecified atom stereocenters. The standard InChI is InChI=1S/C15H26N2O3/c1-2-20-14(18)12-15(17-8-10-19-11-9-17)5-7-16-6-3-4-13(15)16/h13H,2-12H2,1H3. The fourth-order valence-corrected chi connectivity index (χ4v) is 4.36. The van der Waals surface area contributed by atoms with E-state index in [0.29, 0.717) is 19.1 Å². The number of esters is 1. The van der Waals surface area contributed by atoms with Gasteiger partial charge in [-0.1, -0.05) is 0 Å². The summed E-state index contributed by atoms with van der Waals surface area (Å²) in [4.78, 5) is 17.2. The van der Waals surface area contributed by atoms with Gasteiger partial charge in [-0.25, -0.2) is 0 Å². The summed E-state index contributed by atoms with van der Waals surface area (Å²) in [5, 5.41) is 0. The van der Waals surface area contributed by atoms with Crippen molar-refractivity contribution >= 4 is 5.97 Å². The van der Waals surface area contributed by atoms with Gasteiger partial charge in [-0.15, -0.1) is 0 Å². The third-order valence-corrected chi connectivity index (χ3v) is 5.21. The molecule has 0 aliphatic carbocycles. The Bertz CT molecular complexity index is 357. The average Bonchev–Trinajstić information content (AvgIpc) is 3.04. The molecule has 3 aliphatic rings. The summed E-state index contributed by atoms with van der Waals surface area (Å²) in [6, 6.07) is 0.532. The van der Waals surface area contributed by atoms with Crippen LogP contribution in [0, 0.1) is 0 Å². The Hall–Kier alpha value is -0.650. The Balaban J connectivity index is 1.80. The molecule has 3 aliphatic heterocycles. The van der Waals surface area contributed by atoms with E-state index in [0.717, 1.165) is 39.3 Å². The Morgan fingerprint density at radius 3 is 2.85 bits per heavy atom. The van der Waals surface area contributed by atoms with Gasteiger partial charge in [-0.3, -0.25) is 14.6 Å². The summed E-state index contributed by atoms with van der Waals surface area (Å²) in [5.74, 6) is -0.0345. The van der Waals surface area contributed by atoms with Crippen molar-refractivity contribution < 1.29 is 14.3 Å². The third kappa shape index (κ3) is 2.47. The van der Waals surface area contributed by atoms with Gasteiger partial charge in [0.2, 0.25) is 0 Å². The SMILES string of the molecule is CCOC(=O)CC1(N2CCOCC2)CCN2CCCC21. The van der Waals surface area contributed by atoms with Crippen LogP contribution in [0.2, 0.25) is 0 Å². The third-order valence-electron chi connectivity index (χ3n) is 5.21. The van der Waals surface area contributed by atoms with Crippen LogP contribution in [0.25, 0.3) is 0 Å². The minimum atomic E-state index is -0.0345. The molecule has 0 aromatic heterocycles. The van der Waals surface area contributed by atoms with Crippen molar-refractivity contribution in [1.82, 2.24) is 9.80 Å². The van der Waals surface area contributed by atoms with Crippen molar-refractivity contribution in [2.45, 2.75) is 44.2 Å². The molecule has 114 valence electrons. The normalized spacial score (nSPS) is 35.1. The monoisotopic (exact) mass is 282 g/mol. The van der Waals surface area contributed by atoms with Gasteiger partial charge < -0.3 is 9.47 Å². The summed E-state index contributed by atoms with van der Waals surface area (Å²) in [6.45, 7) is 8.16. The number of ether oxygens (including phenoxy) is 2. The first-order valence-corrected chi connectivity index (χ1v) is 7.99. The van der Waals surface area contributed by atoms with E-state index in [4.69, 9.17) is 9.47 Å². The Labute approximate surface area is 121 Å². The molecule has 0 bridgehead atoms. The molecule has 0 amide bonds. The summed E-state index contributed by atoms with van der Waals surface area (Å²) < 4.78 is 10.7. The number of fused-ring (bicyclic) bond motifs is 1. The molecule has 3 rings (SSSR count). The maximum absolute atomic E-state index is 12.1. The first kappa shape index (κ1) is 14.3. The molecule has 3 saturated heterocycles. The zero-order valence-electron chi connectivity index (χ0n) is 12.5. The molecular formula is C15H26N2O3. The molecule has 0 radical (unpaired) electrons. The average molecular weight is 282 g/mol. The van der Waals surface area contributed by atoms with Gasteiger partial charge in [-0.05, 0) is 32.7 Å². The Morgan fingerprint density at radius 1 is 1.30 bits per heavy atom. The van der Waals surface area contributed by atoms with E-state index in [1.165, 1.54) is 19.4 Å². The minimum Gasteiger partial charge on any atom is -0.466 e. The van der Waals surface area contributed by atoms with Crippen LogP contribution in [0.5, 0.6) is 0 Å². The van der Waals surface area contributed by atoms with Crippen LogP contribution >= 0.6 is 0 Å². The van der Waals surface area contributed by atoms with Crippen molar-refractivity contribution in [2.75, 3.05) is 46.0 Å². The fourth-order valence-electron chi connectivity index (χ4n) is 4.36. The maximum atomic E-state index is 12.1. The lowest BCUT2D eigenvalue weighted by molar-refractivity contribution is -0.148. The first-order chi connectivity index (χ1) is 9.76. The summed E-state index contributed by atoms with van der Waals surface area (Å²) in [6.07, 6.45) is 4.12. The van der Waals surface area contributed by atoms with Crippen molar-refractivity contribution in [3.63, 3.8) is 0 Å². The van der Waals surface area contributed by atoms with Crippen LogP contribution in [0.15, 0.2) is 0 Å². The highest BCUT2D eigenvalue weighted by molar-refractivity contribution is 5.71. The molecule has 3 heterocycles. The molecule has 3 fully saturated rings. The first-order valence-electron chi connectivity index (χ1n) is 7.99. The quantitative estimate of drug-likeness (QED) is 0.716. The largest absolute Gasteiger partial charge is 0.466 e. The Morgan fingerprint density at radius 2 is 2.10 bits per heavy atom. The highest BCUT2D eigenvalue weighted by Gasteiger charge is 2.53. The van der Waals surface area contributed by atoms with Gasteiger partial charge in [0.1, 0.15) is 0 Å². The van der Waals surface area contributed by atoms with Gasteiger partial charge in [0.05, 0.1) is 26.2 Å². The number of carbonyl (C=O) groups is 1. The number of hydrogen-bond acceptors (Lipinski definition) is 5. The number of nitrogens with zero attached hydrogens (tertiary/aromatic N) is 2. The molecule has 0 saturated carbocycles. The van der Waals surface area contributed by atoms with E-state index < -0.39 is 0 Å². The Kier molecular flexibility index (Phi) is 4.29. The molecule has 2 atom stereocenters. The number of carbonyl (C=O) groups excluding carboxylic acids is 1. The number of rotatable bonds is 4. The van der Waals surface area contributed by atoms with E-state index in [-0.39, 0.29) is 11.5 Å². The lowest BCUT2D eigenvalue weighted by atomic mass is 9.83. The topological polar surface area (TPSA) is 42.0 Å². The lowest BCUT2D eigenvalue weighted by Gasteiger charge is -2.46. The van der Waals surface area contributed by atoms with Crippen LogP contribution in [0.1, 0.15) is 32.6 Å². The lowest BCUT2D eigenvalue weighted by Crippen LogP contribution is -2.59. The second-order valence-electron chi connectivity index (χ2n) is 6.13. The second kappa shape index (κ2) is 6.00. The number of hydrogen-bond donors (Lipinski definition) is 0. The fraction of sp³-hybridized carbons (Fsp3) is 0.933. The van der Waals surface area contributed by atoms with E-state index in [1.54, 1.807) is 0 Å². The highest BCUT2D eigenvalue weighted by Crippen LogP contribution is 2.43. The van der Waals surface area contributed by atoms with E-state index in [1.807, 2.05) is 6.92 Å². The van der Waals surface area contributed by atoms with E-state index in [9.17, 15) is 4.79 Å². The van der Waals surface area contributed by atoms with Gasteiger partial charge in [0.15, 0.2) is 0 Å². The zero-order valence-corrected chi connectivity index (χ0v) is 12.5. The van der Waals surface area contributed by atoms with Crippen molar-refractivity contribution in [3.8, 4) is 0 Å². The van der Waals surface area contributed by atoms with Crippen LogP contribution in [0.4, 0.5) is 0 Å². The molecule has 0 spiro atoms. The minimum absolute atomic E-state index is 0.00741. The molecular weight excluding hydrogens is 256 g/mol. The smallest absolute Gasteiger partial charge is 0.307 e. The van der Waals surface area contributed by atoms with Crippen molar-refractivity contribution in [2.24, 2.45) is 0 Å². The van der Waals surface area contributed by atoms with Crippen LogP contribution in [-0.2, 0) is 14.3 Å². The molecule has 5 heteroatoms. The van der Waals surface area contributed by atoms with Gasteiger partial charge in [-0.2, -0.15) is 0 Å².